The Morgan fingerprint density at radius 3 is 2.62 bits per heavy atom. The third-order valence-electron chi connectivity index (χ3n) is 7.27. The molecule has 0 spiro atoms. The Balaban J connectivity index is 1.41. The van der Waals surface area contributed by atoms with Crippen molar-refractivity contribution in [2.24, 2.45) is 5.92 Å². The molecule has 2 heterocycles. The van der Waals surface area contributed by atoms with Crippen LogP contribution in [0.15, 0.2) is 36.5 Å². The topological polar surface area (TPSA) is 104 Å². The molecule has 2 aliphatic carbocycles. The molecule has 180 valence electrons. The normalized spacial score (nSPS) is 22.5. The van der Waals surface area contributed by atoms with Gasteiger partial charge in [0.05, 0.1) is 46.4 Å². The van der Waals surface area contributed by atoms with Gasteiger partial charge in [0.2, 0.25) is 0 Å². The lowest BCUT2D eigenvalue weighted by molar-refractivity contribution is -0.907. The Bertz CT molecular complexity index is 1230. The van der Waals surface area contributed by atoms with Gasteiger partial charge in [-0.15, -0.1) is 0 Å². The Hall–Kier alpha value is -3.33. The van der Waals surface area contributed by atoms with Crippen LogP contribution in [0.3, 0.4) is 0 Å². The number of aromatic nitrogens is 3. The van der Waals surface area contributed by atoms with E-state index in [2.05, 4.69) is 5.32 Å². The van der Waals surface area contributed by atoms with Crippen molar-refractivity contribution in [3.63, 3.8) is 0 Å². The van der Waals surface area contributed by atoms with E-state index in [0.717, 1.165) is 59.8 Å². The molecule has 0 bridgehead atoms. The molecule has 0 saturated heterocycles. The molecule has 9 heteroatoms. The lowest BCUT2D eigenvalue weighted by Gasteiger charge is -2.36. The molecule has 1 aromatic carbocycles. The van der Waals surface area contributed by atoms with Crippen LogP contribution in [-0.4, -0.2) is 52.8 Å². The molecule has 0 aliphatic heterocycles. The average Bonchev–Trinajstić information content (AvgIpc) is 3.60. The highest BCUT2D eigenvalue weighted by molar-refractivity contribution is 6.05. The molecule has 2 saturated carbocycles. The van der Waals surface area contributed by atoms with Crippen LogP contribution in [0.5, 0.6) is 5.88 Å². The minimum Gasteiger partial charge on any atom is -0.445 e. The van der Waals surface area contributed by atoms with E-state index in [9.17, 15) is 15.1 Å². The number of benzene rings is 1. The minimum atomic E-state index is -0.484. The first-order valence-corrected chi connectivity index (χ1v) is 11.8. The molecule has 0 radical (unpaired) electrons. The summed E-state index contributed by atoms with van der Waals surface area (Å²) in [5, 5.41) is 29.9. The number of fused-ring (bicyclic) bond motifs is 1. The van der Waals surface area contributed by atoms with Crippen LogP contribution < -0.4 is 19.7 Å². The van der Waals surface area contributed by atoms with E-state index in [4.69, 9.17) is 9.84 Å². The van der Waals surface area contributed by atoms with Crippen LogP contribution in [0.2, 0.25) is 0 Å². The summed E-state index contributed by atoms with van der Waals surface area (Å²) in [4.78, 5) is 14.9. The van der Waals surface area contributed by atoms with Gasteiger partial charge in [0.15, 0.2) is 0 Å². The van der Waals surface area contributed by atoms with Gasteiger partial charge in [-0.1, -0.05) is 0 Å². The summed E-state index contributed by atoms with van der Waals surface area (Å²) in [6.07, 6.45) is 7.81. The molecule has 2 fully saturated rings. The quantitative estimate of drug-likeness (QED) is 0.381. The van der Waals surface area contributed by atoms with Gasteiger partial charge in [0.25, 0.3) is 0 Å². The number of rotatable bonds is 6. The van der Waals surface area contributed by atoms with E-state index in [1.807, 2.05) is 42.0 Å². The van der Waals surface area contributed by atoms with E-state index in [-0.39, 0.29) is 17.6 Å². The maximum absolute atomic E-state index is 13.0. The average molecular weight is 467 g/mol. The van der Waals surface area contributed by atoms with Crippen LogP contribution >= 0.6 is 0 Å². The number of nitrogens with zero attached hydrogens (tertiary/aromatic N) is 4. The number of carbonyl (C=O) groups excluding carboxylic acids is 1. The van der Waals surface area contributed by atoms with Crippen molar-refractivity contribution < 1.29 is 24.6 Å². The molecule has 9 nitrogen and oxygen atoms in total. The number of carbonyl (C=O) groups is 1. The number of anilines is 2. The van der Waals surface area contributed by atoms with Crippen molar-refractivity contribution in [2.45, 2.75) is 50.2 Å². The van der Waals surface area contributed by atoms with Crippen molar-refractivity contribution in [1.29, 1.82) is 0 Å². The van der Waals surface area contributed by atoms with Crippen molar-refractivity contribution in [1.82, 2.24) is 9.78 Å². The van der Waals surface area contributed by atoms with Gasteiger partial charge in [-0.2, -0.15) is 5.10 Å². The van der Waals surface area contributed by atoms with Gasteiger partial charge in [-0.3, -0.25) is 14.7 Å². The fraction of sp³-hybridized carbons (Fsp3) is 0.480. The first kappa shape index (κ1) is 22.5. The molecule has 5 rings (SSSR count). The molecule has 2 aromatic heterocycles. The lowest BCUT2D eigenvalue weighted by atomic mass is 9.79. The van der Waals surface area contributed by atoms with Gasteiger partial charge < -0.3 is 20.1 Å². The number of ether oxygens (including phenoxy) is 1. The Kier molecular flexibility index (Phi) is 5.59. The van der Waals surface area contributed by atoms with Crippen LogP contribution in [0, 0.1) is 5.92 Å². The molecular formula is C25H32N5O4+. The summed E-state index contributed by atoms with van der Waals surface area (Å²) in [7, 11) is 5.25. The number of hydrogen-bond acceptors (Lipinski definition) is 6. The molecule has 2 aliphatic rings. The number of pyridine rings is 1. The van der Waals surface area contributed by atoms with Crippen molar-refractivity contribution in [2.75, 3.05) is 31.4 Å². The van der Waals surface area contributed by atoms with Crippen LogP contribution in [0.1, 0.15) is 55.1 Å². The van der Waals surface area contributed by atoms with Crippen LogP contribution in [-0.2, 0) is 0 Å². The Labute approximate surface area is 198 Å². The smallest absolute Gasteiger partial charge is 0.417 e. The summed E-state index contributed by atoms with van der Waals surface area (Å²) in [5.41, 5.74) is 1.86. The van der Waals surface area contributed by atoms with Gasteiger partial charge in [-0.25, -0.2) is 0 Å². The van der Waals surface area contributed by atoms with Crippen molar-refractivity contribution in [3.05, 3.63) is 42.2 Å². The van der Waals surface area contributed by atoms with Gasteiger partial charge in [-0.05, 0) is 62.6 Å². The summed E-state index contributed by atoms with van der Waals surface area (Å²) >= 11 is 0. The third-order valence-corrected chi connectivity index (χ3v) is 7.27. The van der Waals surface area contributed by atoms with Crippen molar-refractivity contribution in [3.8, 4) is 5.88 Å². The third kappa shape index (κ3) is 4.04. The zero-order valence-electron chi connectivity index (χ0n) is 19.9. The zero-order valence-corrected chi connectivity index (χ0v) is 19.9. The van der Waals surface area contributed by atoms with E-state index in [0.29, 0.717) is 11.6 Å². The number of hydrogen-bond donors (Lipinski definition) is 3. The fourth-order valence-electron chi connectivity index (χ4n) is 5.13. The zero-order chi connectivity index (χ0) is 24.0. The molecule has 0 unspecified atom stereocenters. The number of nitrogens with one attached hydrogen (secondary N) is 1. The molecule has 34 heavy (non-hydrogen) atoms. The monoisotopic (exact) mass is 466 g/mol. The number of aliphatic hydroxyl groups is 1. The Morgan fingerprint density at radius 1 is 1.24 bits per heavy atom. The largest absolute Gasteiger partial charge is 0.445 e. The Morgan fingerprint density at radius 2 is 1.97 bits per heavy atom. The van der Waals surface area contributed by atoms with Crippen LogP contribution in [0.4, 0.5) is 11.4 Å². The standard InChI is InChI=1S/C25H31N5O4/c1-28(2)22-14-19-16(13-20(22)26-24(31)21-5-4-6-23(34-3)30(21)33)15-29(27-19)18-9-11-25(32,12-10-18)17-7-8-17/h4-6,13-15,17-18,32H,7-12H2,1-3H3,(H-,26,31,33)/p+1/t18-,25-. The van der Waals surface area contributed by atoms with Gasteiger partial charge in [0.1, 0.15) is 0 Å². The summed E-state index contributed by atoms with van der Waals surface area (Å²) in [6.45, 7) is 0. The summed E-state index contributed by atoms with van der Waals surface area (Å²) < 4.78 is 7.84. The molecule has 0 atom stereocenters. The SMILES string of the molecule is COc1cccc(C(=O)Nc2cc3cn([C@H]4CC[C@@](O)(C5CC5)CC4)nc3cc2N(C)C)[n+]1O. The molecule has 1 amide bonds. The summed E-state index contributed by atoms with van der Waals surface area (Å²) in [5.74, 6) is 0.197. The second-order valence-corrected chi connectivity index (χ2v) is 9.76. The highest BCUT2D eigenvalue weighted by Gasteiger charge is 2.45. The lowest BCUT2D eigenvalue weighted by Crippen LogP contribution is -2.40. The maximum atomic E-state index is 13.0. The van der Waals surface area contributed by atoms with Crippen molar-refractivity contribution >= 4 is 28.2 Å². The second-order valence-electron chi connectivity index (χ2n) is 9.76. The molecular weight excluding hydrogens is 434 g/mol. The molecule has 3 N–H and O–H groups in total. The maximum Gasteiger partial charge on any atom is 0.417 e. The van der Waals surface area contributed by atoms with Gasteiger partial charge in [0, 0.05) is 31.7 Å². The highest BCUT2D eigenvalue weighted by atomic mass is 16.5. The van der Waals surface area contributed by atoms with Crippen LogP contribution in [0.25, 0.3) is 10.9 Å². The number of amides is 1. The van der Waals surface area contributed by atoms with Gasteiger partial charge >= 0.3 is 17.5 Å². The van der Waals surface area contributed by atoms with E-state index in [1.54, 1.807) is 12.1 Å². The predicted molar refractivity (Wildman–Crippen MR) is 128 cm³/mol. The van der Waals surface area contributed by atoms with E-state index in [1.165, 1.54) is 13.2 Å². The second kappa shape index (κ2) is 8.47. The minimum absolute atomic E-state index is 0.0604. The molecule has 3 aromatic rings. The first-order valence-electron chi connectivity index (χ1n) is 11.8. The number of methoxy groups -OCH3 is 1. The van der Waals surface area contributed by atoms with E-state index < -0.39 is 11.5 Å². The first-order chi connectivity index (χ1) is 16.3. The van der Waals surface area contributed by atoms with E-state index >= 15 is 0 Å². The fourth-order valence-corrected chi connectivity index (χ4v) is 5.13. The highest BCUT2D eigenvalue weighted by Crippen LogP contribution is 2.49. The summed E-state index contributed by atoms with van der Waals surface area (Å²) in [6, 6.07) is 8.88. The predicted octanol–water partition coefficient (Wildman–Crippen LogP) is 3.14.